The molecule has 2 rings (SSSR count). The summed E-state index contributed by atoms with van der Waals surface area (Å²) < 4.78 is 0. The van der Waals surface area contributed by atoms with E-state index in [0.29, 0.717) is 0 Å². The fourth-order valence-electron chi connectivity index (χ4n) is 1.75. The second-order valence-electron chi connectivity index (χ2n) is 4.03. The van der Waals surface area contributed by atoms with Crippen LogP contribution in [0, 0.1) is 6.92 Å². The fourth-order valence-corrected chi connectivity index (χ4v) is 2.68. The van der Waals surface area contributed by atoms with Crippen LogP contribution in [0.25, 0.3) is 0 Å². The summed E-state index contributed by atoms with van der Waals surface area (Å²) in [5.74, 6) is 0. The van der Waals surface area contributed by atoms with E-state index in [9.17, 15) is 0 Å². The van der Waals surface area contributed by atoms with Gasteiger partial charge in [0.2, 0.25) is 0 Å². The second kappa shape index (κ2) is 5.89. The third-order valence-corrected chi connectivity index (χ3v) is 3.66. The monoisotopic (exact) mass is 243 g/mol. The van der Waals surface area contributed by atoms with E-state index >= 15 is 0 Å². The molecule has 0 unspecified atom stereocenters. The van der Waals surface area contributed by atoms with Gasteiger partial charge in [-0.05, 0) is 49.4 Å². The highest BCUT2D eigenvalue weighted by molar-refractivity contribution is 7.99. The van der Waals surface area contributed by atoms with Gasteiger partial charge in [-0.2, -0.15) is 0 Å². The van der Waals surface area contributed by atoms with Gasteiger partial charge in [-0.1, -0.05) is 36.0 Å². The number of hydrogen-bond donors (Lipinski definition) is 1. The van der Waals surface area contributed by atoms with Crippen molar-refractivity contribution in [3.63, 3.8) is 0 Å². The molecule has 1 N–H and O–H groups in total. The molecule has 17 heavy (non-hydrogen) atoms. The Balaban J connectivity index is 2.15. The molecule has 0 fully saturated rings. The van der Waals surface area contributed by atoms with Crippen molar-refractivity contribution in [3.05, 3.63) is 59.7 Å². The van der Waals surface area contributed by atoms with E-state index in [1.165, 1.54) is 20.9 Å². The number of rotatable bonds is 4. The predicted molar refractivity (Wildman–Crippen MR) is 74.5 cm³/mol. The highest BCUT2D eigenvalue weighted by Gasteiger charge is 2.01. The Morgan fingerprint density at radius 1 is 1.00 bits per heavy atom. The van der Waals surface area contributed by atoms with Gasteiger partial charge in [-0.25, -0.2) is 0 Å². The first kappa shape index (κ1) is 12.2. The molecule has 0 aliphatic heterocycles. The number of benzene rings is 2. The highest BCUT2D eigenvalue weighted by Crippen LogP contribution is 2.28. The molecular weight excluding hydrogens is 226 g/mol. The molecule has 0 radical (unpaired) electrons. The third kappa shape index (κ3) is 3.35. The van der Waals surface area contributed by atoms with Gasteiger partial charge in [0.15, 0.2) is 0 Å². The fraction of sp³-hybridized carbons (Fsp3) is 0.200. The van der Waals surface area contributed by atoms with Crippen molar-refractivity contribution in [2.45, 2.75) is 23.3 Å². The lowest BCUT2D eigenvalue weighted by Gasteiger charge is -2.08. The molecule has 1 nitrogen and oxygen atoms in total. The van der Waals surface area contributed by atoms with Crippen LogP contribution in [0.15, 0.2) is 58.3 Å². The van der Waals surface area contributed by atoms with E-state index < -0.39 is 0 Å². The molecule has 0 bridgehead atoms. The van der Waals surface area contributed by atoms with Gasteiger partial charge in [0, 0.05) is 16.3 Å². The van der Waals surface area contributed by atoms with Crippen molar-refractivity contribution < 1.29 is 0 Å². The summed E-state index contributed by atoms with van der Waals surface area (Å²) in [4.78, 5) is 2.59. The summed E-state index contributed by atoms with van der Waals surface area (Å²) in [5, 5.41) is 3.19. The lowest BCUT2D eigenvalue weighted by atomic mass is 10.1. The number of nitrogens with one attached hydrogen (secondary N) is 1. The van der Waals surface area contributed by atoms with E-state index in [0.717, 1.165) is 6.54 Å². The largest absolute Gasteiger partial charge is 0.316 e. The Hall–Kier alpha value is -1.25. The average Bonchev–Trinajstić information content (AvgIpc) is 2.34. The molecule has 0 aliphatic rings. The van der Waals surface area contributed by atoms with Crippen LogP contribution in [0.3, 0.4) is 0 Å². The van der Waals surface area contributed by atoms with Crippen LogP contribution in [0.4, 0.5) is 0 Å². The molecule has 2 aromatic rings. The maximum absolute atomic E-state index is 3.19. The molecule has 0 aromatic heterocycles. The molecule has 2 aromatic carbocycles. The third-order valence-electron chi connectivity index (χ3n) is 2.66. The molecule has 0 saturated heterocycles. The molecule has 0 aliphatic carbocycles. The normalized spacial score (nSPS) is 10.5. The molecule has 88 valence electrons. The van der Waals surface area contributed by atoms with Crippen LogP contribution < -0.4 is 5.32 Å². The molecule has 0 spiro atoms. The maximum atomic E-state index is 3.19. The van der Waals surface area contributed by atoms with Crippen molar-refractivity contribution in [1.82, 2.24) is 5.32 Å². The maximum Gasteiger partial charge on any atom is 0.0205 e. The first-order valence-corrected chi connectivity index (χ1v) is 6.58. The second-order valence-corrected chi connectivity index (χ2v) is 5.18. The van der Waals surface area contributed by atoms with E-state index in [4.69, 9.17) is 0 Å². The van der Waals surface area contributed by atoms with Crippen molar-refractivity contribution in [2.24, 2.45) is 0 Å². The van der Waals surface area contributed by atoms with Gasteiger partial charge in [0.1, 0.15) is 0 Å². The topological polar surface area (TPSA) is 12.0 Å². The lowest BCUT2D eigenvalue weighted by Crippen LogP contribution is -2.06. The van der Waals surface area contributed by atoms with Crippen molar-refractivity contribution in [2.75, 3.05) is 7.05 Å². The van der Waals surface area contributed by atoms with Crippen molar-refractivity contribution in [1.29, 1.82) is 0 Å². The predicted octanol–water partition coefficient (Wildman–Crippen LogP) is 3.87. The molecule has 2 heteroatoms. The zero-order chi connectivity index (χ0) is 12.1. The van der Waals surface area contributed by atoms with Crippen LogP contribution in [-0.4, -0.2) is 7.05 Å². The average molecular weight is 243 g/mol. The van der Waals surface area contributed by atoms with E-state index in [1.54, 1.807) is 0 Å². The molecule has 0 saturated carbocycles. The SMILES string of the molecule is CNCc1ccc(Sc2ccccc2)cc1C. The Bertz CT molecular complexity index is 480. The number of hydrogen-bond acceptors (Lipinski definition) is 2. The van der Waals surface area contributed by atoms with Crippen LogP contribution in [0.2, 0.25) is 0 Å². The standard InChI is InChI=1S/C15H17NS/c1-12-10-15(9-8-13(12)11-16-2)17-14-6-4-3-5-7-14/h3-10,16H,11H2,1-2H3. The minimum Gasteiger partial charge on any atom is -0.316 e. The van der Waals surface area contributed by atoms with Crippen molar-refractivity contribution in [3.8, 4) is 0 Å². The van der Waals surface area contributed by atoms with E-state index in [2.05, 4.69) is 54.7 Å². The van der Waals surface area contributed by atoms with Gasteiger partial charge >= 0.3 is 0 Å². The smallest absolute Gasteiger partial charge is 0.0205 e. The van der Waals surface area contributed by atoms with Gasteiger partial charge in [0.05, 0.1) is 0 Å². The summed E-state index contributed by atoms with van der Waals surface area (Å²) >= 11 is 1.81. The van der Waals surface area contributed by atoms with Gasteiger partial charge < -0.3 is 5.32 Å². The Labute approximate surface area is 107 Å². The molecular formula is C15H17NS. The van der Waals surface area contributed by atoms with Gasteiger partial charge in [0.25, 0.3) is 0 Å². The summed E-state index contributed by atoms with van der Waals surface area (Å²) in [6.45, 7) is 3.10. The quantitative estimate of drug-likeness (QED) is 0.875. The zero-order valence-electron chi connectivity index (χ0n) is 10.2. The highest BCUT2D eigenvalue weighted by atomic mass is 32.2. The summed E-state index contributed by atoms with van der Waals surface area (Å²) in [6.07, 6.45) is 0. The van der Waals surface area contributed by atoms with Crippen molar-refractivity contribution >= 4 is 11.8 Å². The Kier molecular flexibility index (Phi) is 4.24. The molecule has 0 amide bonds. The summed E-state index contributed by atoms with van der Waals surface area (Å²) in [7, 11) is 1.98. The van der Waals surface area contributed by atoms with E-state index in [1.807, 2.05) is 24.9 Å². The lowest BCUT2D eigenvalue weighted by molar-refractivity contribution is 0.811. The van der Waals surface area contributed by atoms with Gasteiger partial charge in [-0.3, -0.25) is 0 Å². The summed E-state index contributed by atoms with van der Waals surface area (Å²) in [6, 6.07) is 17.1. The Morgan fingerprint density at radius 3 is 2.41 bits per heavy atom. The zero-order valence-corrected chi connectivity index (χ0v) is 11.1. The molecule has 0 atom stereocenters. The van der Waals surface area contributed by atoms with Crippen LogP contribution in [0.5, 0.6) is 0 Å². The minimum atomic E-state index is 0.933. The summed E-state index contributed by atoms with van der Waals surface area (Å²) in [5.41, 5.74) is 2.71. The van der Waals surface area contributed by atoms with Crippen LogP contribution >= 0.6 is 11.8 Å². The molecule has 0 heterocycles. The first-order chi connectivity index (χ1) is 8.29. The Morgan fingerprint density at radius 2 is 1.76 bits per heavy atom. The minimum absolute atomic E-state index is 0.933. The first-order valence-electron chi connectivity index (χ1n) is 5.76. The van der Waals surface area contributed by atoms with E-state index in [-0.39, 0.29) is 0 Å². The number of aryl methyl sites for hydroxylation is 1. The van der Waals surface area contributed by atoms with Crippen LogP contribution in [-0.2, 0) is 6.54 Å². The van der Waals surface area contributed by atoms with Crippen LogP contribution in [0.1, 0.15) is 11.1 Å². The van der Waals surface area contributed by atoms with Gasteiger partial charge in [-0.15, -0.1) is 0 Å².